The molecule has 0 amide bonds. The monoisotopic (exact) mass is 398 g/mol. The third-order valence-corrected chi connectivity index (χ3v) is 9.73. The molecule has 0 spiro atoms. The number of aliphatic hydroxyl groups excluding tert-OH is 1. The fourth-order valence-corrected chi connectivity index (χ4v) is 8.53. The molecule has 4 fully saturated rings. The van der Waals surface area contributed by atoms with Crippen molar-refractivity contribution < 1.29 is 9.90 Å². The molecule has 4 saturated carbocycles. The molecule has 8 atom stereocenters. The molecule has 0 aromatic rings. The zero-order valence-electron chi connectivity index (χ0n) is 14.8. The van der Waals surface area contributed by atoms with Crippen LogP contribution < -0.4 is 0 Å². The fraction of sp³-hybridized carbons (Fsp3) is 0.952. The Kier molecular flexibility index (Phi) is 4.57. The number of ketones is 1. The van der Waals surface area contributed by atoms with Crippen molar-refractivity contribution in [3.05, 3.63) is 0 Å². The zero-order chi connectivity index (χ0) is 16.6. The lowest BCUT2D eigenvalue weighted by atomic mass is 9.40. The van der Waals surface area contributed by atoms with E-state index in [0.717, 1.165) is 31.6 Å². The highest BCUT2D eigenvalue weighted by Crippen LogP contribution is 2.70. The SMILES string of the molecule is C.C[C@]12CC[C@H](O)C[C@@H]1CC[C@]1(C)[C@@H]2CC[C@]2(C)C(=O)[C@H](Br)C[C@@H]12. The van der Waals surface area contributed by atoms with Crippen LogP contribution in [0.3, 0.4) is 0 Å². The van der Waals surface area contributed by atoms with Gasteiger partial charge in [0.05, 0.1) is 10.9 Å². The van der Waals surface area contributed by atoms with Crippen LogP contribution in [0.15, 0.2) is 0 Å². The summed E-state index contributed by atoms with van der Waals surface area (Å²) in [5.74, 6) is 2.42. The summed E-state index contributed by atoms with van der Waals surface area (Å²) in [5, 5.41) is 10.1. The number of hydrogen-bond donors (Lipinski definition) is 1. The van der Waals surface area contributed by atoms with Crippen LogP contribution in [0, 0.1) is 34.0 Å². The summed E-state index contributed by atoms with van der Waals surface area (Å²) in [6.07, 6.45) is 8.88. The fourth-order valence-electron chi connectivity index (χ4n) is 7.64. The molecule has 0 aromatic carbocycles. The molecule has 0 radical (unpaired) electrons. The van der Waals surface area contributed by atoms with E-state index < -0.39 is 0 Å². The maximum atomic E-state index is 12.8. The topological polar surface area (TPSA) is 37.3 Å². The van der Waals surface area contributed by atoms with Crippen molar-refractivity contribution >= 4 is 21.7 Å². The van der Waals surface area contributed by atoms with Crippen molar-refractivity contribution in [3.63, 3.8) is 0 Å². The largest absolute Gasteiger partial charge is 0.393 e. The Morgan fingerprint density at radius 3 is 2.33 bits per heavy atom. The molecule has 2 nitrogen and oxygen atoms in total. The summed E-state index contributed by atoms with van der Waals surface area (Å²) in [6.45, 7) is 7.27. The van der Waals surface area contributed by atoms with E-state index in [0.29, 0.717) is 28.4 Å². The number of carbonyl (C=O) groups is 1. The van der Waals surface area contributed by atoms with Gasteiger partial charge in [-0.25, -0.2) is 0 Å². The first kappa shape index (κ1) is 18.9. The second-order valence-corrected chi connectivity index (χ2v) is 10.9. The molecular formula is C21H35BrO2. The van der Waals surface area contributed by atoms with E-state index >= 15 is 0 Å². The smallest absolute Gasteiger partial charge is 0.152 e. The van der Waals surface area contributed by atoms with Crippen LogP contribution in [0.4, 0.5) is 0 Å². The predicted molar refractivity (Wildman–Crippen MR) is 102 cm³/mol. The average molecular weight is 399 g/mol. The molecule has 4 aliphatic rings. The Bertz CT molecular complexity index is 534. The first-order valence-electron chi connectivity index (χ1n) is 9.58. The van der Waals surface area contributed by atoms with Crippen LogP contribution in [0.5, 0.6) is 0 Å². The Morgan fingerprint density at radius 2 is 1.62 bits per heavy atom. The first-order chi connectivity index (χ1) is 10.7. The molecule has 0 saturated heterocycles. The highest BCUT2D eigenvalue weighted by atomic mass is 79.9. The van der Waals surface area contributed by atoms with Crippen molar-refractivity contribution in [3.8, 4) is 0 Å². The van der Waals surface area contributed by atoms with E-state index in [1.165, 1.54) is 25.7 Å². The highest BCUT2D eigenvalue weighted by molar-refractivity contribution is 9.10. The van der Waals surface area contributed by atoms with Gasteiger partial charge in [0.2, 0.25) is 0 Å². The van der Waals surface area contributed by atoms with Crippen LogP contribution in [0.1, 0.15) is 79.6 Å². The number of halogens is 1. The molecule has 3 heteroatoms. The van der Waals surface area contributed by atoms with Crippen LogP contribution in [-0.4, -0.2) is 21.8 Å². The summed E-state index contributed by atoms with van der Waals surface area (Å²) < 4.78 is 0. The van der Waals surface area contributed by atoms with E-state index in [9.17, 15) is 9.90 Å². The quantitative estimate of drug-likeness (QED) is 0.557. The van der Waals surface area contributed by atoms with Gasteiger partial charge in [0.15, 0.2) is 5.78 Å². The summed E-state index contributed by atoms with van der Waals surface area (Å²) in [4.78, 5) is 12.9. The van der Waals surface area contributed by atoms with Crippen LogP contribution in [-0.2, 0) is 4.79 Å². The molecule has 4 rings (SSSR count). The lowest BCUT2D eigenvalue weighted by Gasteiger charge is -2.65. The summed E-state index contributed by atoms with van der Waals surface area (Å²) in [7, 11) is 0. The molecule has 24 heavy (non-hydrogen) atoms. The summed E-state index contributed by atoms with van der Waals surface area (Å²) >= 11 is 3.68. The molecular weight excluding hydrogens is 364 g/mol. The minimum absolute atomic E-state index is 0. The lowest BCUT2D eigenvalue weighted by Crippen LogP contribution is -2.59. The van der Waals surface area contributed by atoms with Crippen molar-refractivity contribution in [1.29, 1.82) is 0 Å². The number of hydrogen-bond acceptors (Lipinski definition) is 2. The van der Waals surface area contributed by atoms with E-state index in [-0.39, 0.29) is 23.8 Å². The second-order valence-electron chi connectivity index (χ2n) is 9.80. The van der Waals surface area contributed by atoms with Crippen molar-refractivity contribution in [1.82, 2.24) is 0 Å². The van der Waals surface area contributed by atoms with E-state index in [4.69, 9.17) is 0 Å². The standard InChI is InChI=1S/C20H31BrO2.CH4/c1-18-8-5-13(22)10-12(18)4-7-19(2)15(18)6-9-20(3)16(19)11-14(21)17(20)23;/h12-16,22H,4-11H2,1-3H3;1H4/t12-,13-,14+,15+,16-,18-,19+,20-;/m0./s1. The maximum absolute atomic E-state index is 12.8. The number of alkyl halides is 1. The summed E-state index contributed by atoms with van der Waals surface area (Å²) in [5.41, 5.74) is 0.580. The predicted octanol–water partition coefficient (Wildman–Crippen LogP) is 5.36. The van der Waals surface area contributed by atoms with E-state index in [1.54, 1.807) is 0 Å². The van der Waals surface area contributed by atoms with Crippen LogP contribution in [0.2, 0.25) is 0 Å². The Morgan fingerprint density at radius 1 is 0.958 bits per heavy atom. The number of aliphatic hydroxyl groups is 1. The number of Topliss-reactive ketones (excluding diaryl/α,β-unsaturated/α-hetero) is 1. The van der Waals surface area contributed by atoms with Gasteiger partial charge >= 0.3 is 0 Å². The minimum Gasteiger partial charge on any atom is -0.393 e. The van der Waals surface area contributed by atoms with Gasteiger partial charge in [-0.15, -0.1) is 0 Å². The molecule has 1 N–H and O–H groups in total. The van der Waals surface area contributed by atoms with E-state index in [2.05, 4.69) is 36.7 Å². The highest BCUT2D eigenvalue weighted by Gasteiger charge is 2.66. The first-order valence-corrected chi connectivity index (χ1v) is 10.5. The molecule has 4 aliphatic carbocycles. The Hall–Kier alpha value is 0.110. The van der Waals surface area contributed by atoms with Gasteiger partial charge < -0.3 is 5.11 Å². The summed E-state index contributed by atoms with van der Waals surface area (Å²) in [6, 6.07) is 0. The van der Waals surface area contributed by atoms with Gasteiger partial charge in [-0.05, 0) is 80.0 Å². The van der Waals surface area contributed by atoms with Crippen LogP contribution in [0.25, 0.3) is 0 Å². The van der Waals surface area contributed by atoms with Crippen molar-refractivity contribution in [2.24, 2.45) is 34.0 Å². The van der Waals surface area contributed by atoms with Gasteiger partial charge in [-0.1, -0.05) is 44.1 Å². The van der Waals surface area contributed by atoms with E-state index in [1.807, 2.05) is 0 Å². The van der Waals surface area contributed by atoms with Crippen molar-refractivity contribution in [2.75, 3.05) is 0 Å². The van der Waals surface area contributed by atoms with Gasteiger partial charge in [-0.3, -0.25) is 4.79 Å². The van der Waals surface area contributed by atoms with Gasteiger partial charge in [0, 0.05) is 5.41 Å². The third kappa shape index (κ3) is 2.25. The van der Waals surface area contributed by atoms with Gasteiger partial charge in [0.25, 0.3) is 0 Å². The molecule has 0 aliphatic heterocycles. The van der Waals surface area contributed by atoms with Crippen molar-refractivity contribution in [2.45, 2.75) is 90.5 Å². The van der Waals surface area contributed by atoms with Gasteiger partial charge in [-0.2, -0.15) is 0 Å². The average Bonchev–Trinajstić information content (AvgIpc) is 2.73. The van der Waals surface area contributed by atoms with Crippen LogP contribution >= 0.6 is 15.9 Å². The minimum atomic E-state index is -0.100. The Balaban J connectivity index is 0.00000169. The zero-order valence-corrected chi connectivity index (χ0v) is 16.4. The number of carbonyl (C=O) groups excluding carboxylic acids is 1. The maximum Gasteiger partial charge on any atom is 0.152 e. The molecule has 0 unspecified atom stereocenters. The second kappa shape index (κ2) is 5.81. The molecule has 0 aromatic heterocycles. The lowest BCUT2D eigenvalue weighted by molar-refractivity contribution is -0.172. The molecule has 0 heterocycles. The normalized spacial score (nSPS) is 56.7. The molecule has 138 valence electrons. The molecule has 0 bridgehead atoms. The number of fused-ring (bicyclic) bond motifs is 5. The Labute approximate surface area is 156 Å². The van der Waals surface area contributed by atoms with Gasteiger partial charge in [0.1, 0.15) is 0 Å². The third-order valence-electron chi connectivity index (χ3n) is 8.94. The number of rotatable bonds is 0.